The third kappa shape index (κ3) is 5.62. The van der Waals surface area contributed by atoms with Gasteiger partial charge in [-0.05, 0) is 140 Å². The Hall–Kier alpha value is -6.90. The minimum atomic E-state index is 0.138. The Morgan fingerprint density at radius 2 is 0.806 bits per heavy atom. The SMILES string of the molecule is c1ccc(-c2ccc(-c3cc(-c4ccc(-c5ccc(-c6cccc7c6-c6cc8ccccc8cc6C76C7CC8CC(C7)CC6C8)cc5)cc4)nc(-c4ccccc4)n3)cc2)cc1. The van der Waals surface area contributed by atoms with Gasteiger partial charge >= 0.3 is 0 Å². The summed E-state index contributed by atoms with van der Waals surface area (Å²) in [7, 11) is 0. The Kier molecular flexibility index (Phi) is 8.13. The number of fused-ring (bicyclic) bond motifs is 4. The van der Waals surface area contributed by atoms with E-state index in [1.54, 1.807) is 11.1 Å². The molecule has 62 heavy (non-hydrogen) atoms. The molecule has 2 nitrogen and oxygen atoms in total. The number of hydrogen-bond acceptors (Lipinski definition) is 2. The van der Waals surface area contributed by atoms with Crippen LogP contribution in [0.4, 0.5) is 0 Å². The van der Waals surface area contributed by atoms with Gasteiger partial charge in [-0.2, -0.15) is 0 Å². The van der Waals surface area contributed by atoms with Gasteiger partial charge in [0.1, 0.15) is 0 Å². The molecule has 0 atom stereocenters. The standard InChI is InChI=1S/C60H46N2/c1-3-10-40(11-4-1)41-20-26-45(27-21-41)56-37-57(62-59(61-56)47-12-5-2-6-13-47)46-28-22-43(23-29-46)42-18-24-44(25-19-42)52-16-9-17-54-58(52)53-35-48-14-7-8-15-49(48)36-55(53)60(54)50-31-38-30-39(33-50)34-51(60)32-38/h1-29,35-39,50-51H,30-34H2. The summed E-state index contributed by atoms with van der Waals surface area (Å²) >= 11 is 0. The molecule has 5 aliphatic carbocycles. The van der Waals surface area contributed by atoms with Crippen molar-refractivity contribution >= 4 is 10.8 Å². The van der Waals surface area contributed by atoms with Crippen molar-refractivity contribution in [1.82, 2.24) is 9.97 Å². The molecule has 0 aliphatic heterocycles. The summed E-state index contributed by atoms with van der Waals surface area (Å²) in [5, 5.41) is 2.73. The number of rotatable bonds is 6. The van der Waals surface area contributed by atoms with E-state index in [9.17, 15) is 0 Å². The first kappa shape index (κ1) is 35.8. The van der Waals surface area contributed by atoms with Crippen LogP contribution in [-0.2, 0) is 5.41 Å². The van der Waals surface area contributed by atoms with Gasteiger partial charge in [0.25, 0.3) is 0 Å². The molecule has 296 valence electrons. The van der Waals surface area contributed by atoms with Crippen LogP contribution in [0.5, 0.6) is 0 Å². The molecule has 0 amide bonds. The van der Waals surface area contributed by atoms with Crippen molar-refractivity contribution < 1.29 is 0 Å². The summed E-state index contributed by atoms with van der Waals surface area (Å²) in [6.07, 6.45) is 7.05. The smallest absolute Gasteiger partial charge is 0.160 e. The van der Waals surface area contributed by atoms with Gasteiger partial charge in [0.05, 0.1) is 11.4 Å². The number of nitrogens with zero attached hydrogens (tertiary/aromatic N) is 2. The van der Waals surface area contributed by atoms with E-state index < -0.39 is 0 Å². The quantitative estimate of drug-likeness (QED) is 0.168. The molecule has 1 heterocycles. The van der Waals surface area contributed by atoms with Crippen molar-refractivity contribution in [2.24, 2.45) is 23.7 Å². The Balaban J connectivity index is 0.846. The molecule has 4 fully saturated rings. The van der Waals surface area contributed by atoms with Crippen molar-refractivity contribution in [2.45, 2.75) is 37.5 Å². The van der Waals surface area contributed by atoms with Crippen LogP contribution in [0.1, 0.15) is 43.2 Å². The second-order valence-corrected chi connectivity index (χ2v) is 18.6. The summed E-state index contributed by atoms with van der Waals surface area (Å²) < 4.78 is 0. The molecule has 0 radical (unpaired) electrons. The molecular formula is C60H46N2. The number of hydrogen-bond donors (Lipinski definition) is 0. The van der Waals surface area contributed by atoms with E-state index in [1.165, 1.54) is 87.4 Å². The summed E-state index contributed by atoms with van der Waals surface area (Å²) in [6.45, 7) is 0. The van der Waals surface area contributed by atoms with Crippen LogP contribution in [0.25, 0.3) is 89.2 Å². The second kappa shape index (κ2) is 14.1. The minimum absolute atomic E-state index is 0.138. The summed E-state index contributed by atoms with van der Waals surface area (Å²) in [6, 6.07) is 71.3. The van der Waals surface area contributed by atoms with Crippen molar-refractivity contribution in [3.05, 3.63) is 205 Å². The third-order valence-corrected chi connectivity index (χ3v) is 15.3. The zero-order chi connectivity index (χ0) is 40.8. The average molecular weight is 795 g/mol. The lowest BCUT2D eigenvalue weighted by Gasteiger charge is -2.61. The van der Waals surface area contributed by atoms with E-state index in [0.29, 0.717) is 0 Å². The maximum atomic E-state index is 5.12. The van der Waals surface area contributed by atoms with E-state index in [1.807, 2.05) is 18.2 Å². The monoisotopic (exact) mass is 794 g/mol. The maximum Gasteiger partial charge on any atom is 0.160 e. The van der Waals surface area contributed by atoms with Crippen LogP contribution in [0.3, 0.4) is 0 Å². The first-order valence-corrected chi connectivity index (χ1v) is 22.6. The molecule has 5 aliphatic rings. The van der Waals surface area contributed by atoms with Crippen molar-refractivity contribution in [3.63, 3.8) is 0 Å². The van der Waals surface area contributed by atoms with Crippen LogP contribution < -0.4 is 0 Å². The molecule has 8 aromatic carbocycles. The topological polar surface area (TPSA) is 25.8 Å². The predicted molar refractivity (Wildman–Crippen MR) is 255 cm³/mol. The van der Waals surface area contributed by atoms with Gasteiger partial charge in [0, 0.05) is 22.1 Å². The average Bonchev–Trinajstić information content (AvgIpc) is 3.62. The van der Waals surface area contributed by atoms with Crippen molar-refractivity contribution in [1.29, 1.82) is 0 Å². The highest BCUT2D eigenvalue weighted by atomic mass is 14.9. The third-order valence-electron chi connectivity index (χ3n) is 15.3. The van der Waals surface area contributed by atoms with Crippen molar-refractivity contribution in [2.75, 3.05) is 0 Å². The van der Waals surface area contributed by atoms with Crippen LogP contribution >= 0.6 is 0 Å². The van der Waals surface area contributed by atoms with Crippen LogP contribution in [0, 0.1) is 23.7 Å². The van der Waals surface area contributed by atoms with Gasteiger partial charge in [-0.3, -0.25) is 0 Å². The summed E-state index contributed by atoms with van der Waals surface area (Å²) in [5.74, 6) is 4.06. The van der Waals surface area contributed by atoms with Gasteiger partial charge < -0.3 is 0 Å². The molecule has 0 saturated heterocycles. The molecular weight excluding hydrogens is 749 g/mol. The van der Waals surface area contributed by atoms with Crippen molar-refractivity contribution in [3.8, 4) is 78.4 Å². The Morgan fingerprint density at radius 3 is 1.37 bits per heavy atom. The maximum absolute atomic E-state index is 5.12. The van der Waals surface area contributed by atoms with E-state index in [-0.39, 0.29) is 5.41 Å². The number of benzene rings is 8. The Labute approximate surface area is 364 Å². The zero-order valence-corrected chi connectivity index (χ0v) is 34.7. The van der Waals surface area contributed by atoms with Gasteiger partial charge in [0.15, 0.2) is 5.82 Å². The lowest BCUT2D eigenvalue weighted by molar-refractivity contribution is -0.0398. The molecule has 14 rings (SSSR count). The lowest BCUT2D eigenvalue weighted by atomic mass is 9.43. The highest BCUT2D eigenvalue weighted by Crippen LogP contribution is 2.70. The minimum Gasteiger partial charge on any atom is -0.228 e. The van der Waals surface area contributed by atoms with Gasteiger partial charge in [0.2, 0.25) is 0 Å². The number of aromatic nitrogens is 2. The van der Waals surface area contributed by atoms with Gasteiger partial charge in [-0.15, -0.1) is 0 Å². The molecule has 2 heteroatoms. The predicted octanol–water partition coefficient (Wildman–Crippen LogP) is 15.4. The Bertz CT molecular complexity index is 3120. The van der Waals surface area contributed by atoms with Gasteiger partial charge in [-0.1, -0.05) is 176 Å². The molecule has 0 N–H and O–H groups in total. The van der Waals surface area contributed by atoms with E-state index >= 15 is 0 Å². The zero-order valence-electron chi connectivity index (χ0n) is 34.7. The van der Waals surface area contributed by atoms with Crippen LogP contribution in [0.2, 0.25) is 0 Å². The highest BCUT2D eigenvalue weighted by Gasteiger charge is 2.61. The first-order chi connectivity index (χ1) is 30.7. The highest BCUT2D eigenvalue weighted by molar-refractivity contribution is 5.99. The largest absolute Gasteiger partial charge is 0.228 e. The van der Waals surface area contributed by atoms with E-state index in [2.05, 4.69) is 176 Å². The molecule has 4 saturated carbocycles. The van der Waals surface area contributed by atoms with Crippen LogP contribution in [0.15, 0.2) is 194 Å². The fraction of sp³-hybridized carbons (Fsp3) is 0.167. The van der Waals surface area contributed by atoms with E-state index in [0.717, 1.165) is 57.6 Å². The fourth-order valence-corrected chi connectivity index (χ4v) is 12.8. The second-order valence-electron chi connectivity index (χ2n) is 18.6. The normalized spacial score (nSPS) is 21.6. The summed E-state index contributed by atoms with van der Waals surface area (Å²) in [5.41, 5.74) is 18.8. The lowest BCUT2D eigenvalue weighted by Crippen LogP contribution is -2.55. The Morgan fingerprint density at radius 1 is 0.339 bits per heavy atom. The van der Waals surface area contributed by atoms with E-state index in [4.69, 9.17) is 9.97 Å². The molecule has 4 bridgehead atoms. The molecule has 1 spiro atoms. The molecule has 0 unspecified atom stereocenters. The summed E-state index contributed by atoms with van der Waals surface area (Å²) in [4.78, 5) is 10.2. The fourth-order valence-electron chi connectivity index (χ4n) is 12.8. The van der Waals surface area contributed by atoms with Crippen LogP contribution in [-0.4, -0.2) is 9.97 Å². The molecule has 1 aromatic heterocycles. The first-order valence-electron chi connectivity index (χ1n) is 22.6. The van der Waals surface area contributed by atoms with Gasteiger partial charge in [-0.25, -0.2) is 9.97 Å². The molecule has 9 aromatic rings.